The average Bonchev–Trinajstić information content (AvgIpc) is 3.57. The van der Waals surface area contributed by atoms with Crippen molar-refractivity contribution >= 4 is 34.7 Å². The predicted octanol–water partition coefficient (Wildman–Crippen LogP) is 3.69. The van der Waals surface area contributed by atoms with E-state index in [0.29, 0.717) is 24.8 Å². The fraction of sp³-hybridized carbons (Fsp3) is 0.357. The summed E-state index contributed by atoms with van der Waals surface area (Å²) in [4.78, 5) is 38.4. The van der Waals surface area contributed by atoms with E-state index in [1.165, 1.54) is 46.0 Å². The standard InChI is InChI=1S/C28H26ClF2N9O3/c1-32-18-13-38(14-18)19-5-9-37(10-6-19)24(41)16-39-15-22(35-27(42)21-12-34-40-8-2-7-33-26(21)40)25(36-39)20-11-17(29)3-4-23(20)43-28(30)31/h2-4,7-8,11-12,15,18-19,28H,5-6,9-10,13-14,16H2,(H,35,42). The summed E-state index contributed by atoms with van der Waals surface area (Å²) in [6, 6.07) is 6.18. The van der Waals surface area contributed by atoms with Gasteiger partial charge in [-0.1, -0.05) is 11.6 Å². The first kappa shape index (κ1) is 28.5. The normalized spacial score (nSPS) is 16.3. The average molecular weight is 610 g/mol. The minimum absolute atomic E-state index is 0.0681. The maximum Gasteiger partial charge on any atom is 0.387 e. The number of amides is 2. The molecule has 1 aromatic carbocycles. The lowest BCUT2D eigenvalue weighted by atomic mass is 9.98. The molecule has 0 spiro atoms. The molecule has 2 amide bonds. The van der Waals surface area contributed by atoms with Gasteiger partial charge in [0.05, 0.1) is 25.0 Å². The van der Waals surface area contributed by atoms with Gasteiger partial charge in [0.15, 0.2) is 5.65 Å². The molecule has 43 heavy (non-hydrogen) atoms. The van der Waals surface area contributed by atoms with Crippen LogP contribution < -0.4 is 10.1 Å². The second kappa shape index (κ2) is 11.9. The predicted molar refractivity (Wildman–Crippen MR) is 152 cm³/mol. The zero-order valence-electron chi connectivity index (χ0n) is 22.7. The van der Waals surface area contributed by atoms with Crippen molar-refractivity contribution in [2.75, 3.05) is 31.5 Å². The van der Waals surface area contributed by atoms with E-state index in [2.05, 4.69) is 30.2 Å². The van der Waals surface area contributed by atoms with Crippen LogP contribution in [0.2, 0.25) is 5.02 Å². The van der Waals surface area contributed by atoms with Crippen LogP contribution in [-0.2, 0) is 11.3 Å². The number of halogens is 3. The topological polar surface area (TPSA) is 114 Å². The molecule has 2 fully saturated rings. The van der Waals surface area contributed by atoms with Crippen molar-refractivity contribution in [3.8, 4) is 17.0 Å². The van der Waals surface area contributed by atoms with E-state index in [1.807, 2.05) is 0 Å². The molecule has 0 aliphatic carbocycles. The van der Waals surface area contributed by atoms with Crippen molar-refractivity contribution in [1.29, 1.82) is 0 Å². The van der Waals surface area contributed by atoms with Crippen LogP contribution in [0.1, 0.15) is 23.2 Å². The van der Waals surface area contributed by atoms with E-state index in [1.54, 1.807) is 17.2 Å². The molecule has 15 heteroatoms. The lowest BCUT2D eigenvalue weighted by molar-refractivity contribution is -0.133. The van der Waals surface area contributed by atoms with Gasteiger partial charge in [-0.25, -0.2) is 16.1 Å². The lowest BCUT2D eigenvalue weighted by Crippen LogP contribution is -2.57. The number of aromatic nitrogens is 5. The number of rotatable bonds is 8. The van der Waals surface area contributed by atoms with Gasteiger partial charge in [-0.05, 0) is 37.1 Å². The zero-order valence-corrected chi connectivity index (χ0v) is 23.5. The Bertz CT molecular complexity index is 1700. The molecule has 3 aromatic heterocycles. The van der Waals surface area contributed by atoms with E-state index < -0.39 is 12.5 Å². The van der Waals surface area contributed by atoms with Crippen LogP contribution in [-0.4, -0.2) is 90.9 Å². The number of fused-ring (bicyclic) bond motifs is 1. The van der Waals surface area contributed by atoms with Gasteiger partial charge in [-0.3, -0.25) is 19.2 Å². The molecule has 0 unspecified atom stereocenters. The van der Waals surface area contributed by atoms with Crippen LogP contribution in [0.15, 0.2) is 49.1 Å². The van der Waals surface area contributed by atoms with E-state index in [0.717, 1.165) is 25.9 Å². The third-order valence-electron chi connectivity index (χ3n) is 7.65. The third kappa shape index (κ3) is 5.99. The number of benzene rings is 1. The van der Waals surface area contributed by atoms with Gasteiger partial charge in [0.2, 0.25) is 11.9 Å². The molecule has 0 radical (unpaired) electrons. The highest BCUT2D eigenvalue weighted by molar-refractivity contribution is 6.31. The summed E-state index contributed by atoms with van der Waals surface area (Å²) in [5.74, 6) is -0.930. The number of alkyl halides is 2. The molecule has 5 heterocycles. The van der Waals surface area contributed by atoms with Gasteiger partial charge in [-0.2, -0.15) is 19.0 Å². The first-order chi connectivity index (χ1) is 20.8. The molecular formula is C28H26ClF2N9O3. The van der Waals surface area contributed by atoms with Crippen molar-refractivity contribution in [3.63, 3.8) is 0 Å². The summed E-state index contributed by atoms with van der Waals surface area (Å²) in [5, 5.41) is 11.6. The monoisotopic (exact) mass is 609 g/mol. The Hall–Kier alpha value is -4.61. The van der Waals surface area contributed by atoms with Gasteiger partial charge in [-0.15, -0.1) is 0 Å². The summed E-state index contributed by atoms with van der Waals surface area (Å²) in [6.07, 6.45) is 7.62. The SMILES string of the molecule is [C-]#[N+]C1CN(C2CCN(C(=O)Cn3cc(NC(=O)c4cnn5cccnc45)c(-c4cc(Cl)ccc4OC(F)F)n3)CC2)C1. The van der Waals surface area contributed by atoms with E-state index in [9.17, 15) is 18.4 Å². The molecule has 4 aromatic rings. The summed E-state index contributed by atoms with van der Waals surface area (Å²) in [5.41, 5.74) is 0.855. The zero-order chi connectivity index (χ0) is 30.1. The molecule has 2 aliphatic rings. The quantitative estimate of drug-likeness (QED) is 0.303. The highest BCUT2D eigenvalue weighted by Crippen LogP contribution is 2.37. The Morgan fingerprint density at radius 3 is 2.77 bits per heavy atom. The van der Waals surface area contributed by atoms with Gasteiger partial charge in [0, 0.05) is 48.3 Å². The Labute approximate surface area is 249 Å². The molecule has 2 aliphatic heterocycles. The number of anilines is 1. The minimum atomic E-state index is -3.11. The number of likely N-dealkylation sites (tertiary alicyclic amines) is 2. The third-order valence-corrected chi connectivity index (χ3v) is 7.89. The number of hydrogen-bond acceptors (Lipinski definition) is 7. The van der Waals surface area contributed by atoms with Gasteiger partial charge in [0.25, 0.3) is 5.91 Å². The second-order valence-corrected chi connectivity index (χ2v) is 10.8. The lowest BCUT2D eigenvalue weighted by Gasteiger charge is -2.42. The Kier molecular flexibility index (Phi) is 7.92. The molecular weight excluding hydrogens is 584 g/mol. The summed E-state index contributed by atoms with van der Waals surface area (Å²) in [6.45, 7) is 6.60. The first-order valence-electron chi connectivity index (χ1n) is 13.6. The summed E-state index contributed by atoms with van der Waals surface area (Å²) < 4.78 is 34.0. The Morgan fingerprint density at radius 2 is 2.02 bits per heavy atom. The molecule has 1 N–H and O–H groups in total. The van der Waals surface area contributed by atoms with Crippen molar-refractivity contribution in [2.24, 2.45) is 0 Å². The van der Waals surface area contributed by atoms with Crippen LogP contribution in [0.3, 0.4) is 0 Å². The number of piperidine rings is 1. The van der Waals surface area contributed by atoms with Crippen molar-refractivity contribution in [2.45, 2.75) is 38.1 Å². The Balaban J connectivity index is 1.24. The minimum Gasteiger partial charge on any atom is -0.434 e. The maximum atomic E-state index is 13.3. The van der Waals surface area contributed by atoms with Crippen molar-refractivity contribution in [1.82, 2.24) is 34.2 Å². The maximum absolute atomic E-state index is 13.3. The first-order valence-corrected chi connectivity index (χ1v) is 14.0. The van der Waals surface area contributed by atoms with Crippen LogP contribution >= 0.6 is 11.6 Å². The highest BCUT2D eigenvalue weighted by atomic mass is 35.5. The molecule has 2 saturated heterocycles. The summed E-state index contributed by atoms with van der Waals surface area (Å²) >= 11 is 6.20. The number of carbonyl (C=O) groups excluding carboxylic acids is 2. The molecule has 222 valence electrons. The van der Waals surface area contributed by atoms with Gasteiger partial charge < -0.3 is 19.8 Å². The van der Waals surface area contributed by atoms with Crippen LogP contribution in [0.5, 0.6) is 5.75 Å². The van der Waals surface area contributed by atoms with Gasteiger partial charge in [0.1, 0.15) is 23.6 Å². The largest absolute Gasteiger partial charge is 0.434 e. The van der Waals surface area contributed by atoms with E-state index in [-0.39, 0.29) is 51.8 Å². The number of hydrogen-bond donors (Lipinski definition) is 1. The fourth-order valence-electron chi connectivity index (χ4n) is 5.44. The van der Waals surface area contributed by atoms with Gasteiger partial charge >= 0.3 is 6.61 Å². The fourth-order valence-corrected chi connectivity index (χ4v) is 5.61. The summed E-state index contributed by atoms with van der Waals surface area (Å²) in [7, 11) is 0. The van der Waals surface area contributed by atoms with Crippen LogP contribution in [0.4, 0.5) is 14.5 Å². The Morgan fingerprint density at radius 1 is 1.23 bits per heavy atom. The molecule has 12 nitrogen and oxygen atoms in total. The smallest absolute Gasteiger partial charge is 0.387 e. The molecule has 0 saturated carbocycles. The van der Waals surface area contributed by atoms with E-state index in [4.69, 9.17) is 22.9 Å². The number of ether oxygens (including phenoxy) is 1. The number of nitrogens with one attached hydrogen (secondary N) is 1. The highest BCUT2D eigenvalue weighted by Gasteiger charge is 2.38. The van der Waals surface area contributed by atoms with E-state index >= 15 is 0 Å². The van der Waals surface area contributed by atoms with Crippen molar-refractivity contribution < 1.29 is 23.1 Å². The van der Waals surface area contributed by atoms with Crippen LogP contribution in [0, 0.1) is 6.57 Å². The number of nitrogens with zero attached hydrogens (tertiary/aromatic N) is 8. The molecule has 0 atom stereocenters. The number of carbonyl (C=O) groups is 2. The second-order valence-electron chi connectivity index (χ2n) is 10.4. The molecule has 0 bridgehead atoms. The molecule has 6 rings (SSSR count). The van der Waals surface area contributed by atoms with Crippen molar-refractivity contribution in [3.05, 3.63) is 71.1 Å². The van der Waals surface area contributed by atoms with Crippen LogP contribution in [0.25, 0.3) is 21.7 Å².